The molecular formula is C27H24N8O4S. The summed E-state index contributed by atoms with van der Waals surface area (Å²) in [5.41, 5.74) is 2.10. The first-order chi connectivity index (χ1) is 19.4. The van der Waals surface area contributed by atoms with Crippen LogP contribution < -0.4 is 25.6 Å². The number of anilines is 3. The predicted octanol–water partition coefficient (Wildman–Crippen LogP) is 4.22. The Bertz CT molecular complexity index is 1660. The van der Waals surface area contributed by atoms with E-state index in [4.69, 9.17) is 4.74 Å². The van der Waals surface area contributed by atoms with Crippen molar-refractivity contribution in [3.63, 3.8) is 0 Å². The van der Waals surface area contributed by atoms with Crippen molar-refractivity contribution in [1.82, 2.24) is 30.8 Å². The molecule has 4 aromatic heterocycles. The highest BCUT2D eigenvalue weighted by Crippen LogP contribution is 2.46. The van der Waals surface area contributed by atoms with E-state index in [9.17, 15) is 14.4 Å². The van der Waals surface area contributed by atoms with Crippen LogP contribution in [0.4, 0.5) is 21.9 Å². The minimum atomic E-state index is -0.433. The number of carbonyl (C=O) groups is 3. The third-order valence-corrected chi connectivity index (χ3v) is 7.92. The van der Waals surface area contributed by atoms with Crippen LogP contribution in [0.2, 0.25) is 0 Å². The molecule has 4 aromatic rings. The molecule has 0 saturated heterocycles. The van der Waals surface area contributed by atoms with Crippen molar-refractivity contribution in [2.45, 2.75) is 38.3 Å². The van der Waals surface area contributed by atoms with Gasteiger partial charge in [-0.3, -0.25) is 14.5 Å². The van der Waals surface area contributed by atoms with Crippen LogP contribution in [-0.2, 0) is 4.79 Å². The molecule has 1 saturated carbocycles. The lowest BCUT2D eigenvalue weighted by atomic mass is 10.1. The highest BCUT2D eigenvalue weighted by atomic mass is 32.1. The lowest BCUT2D eigenvalue weighted by Crippen LogP contribution is -2.48. The summed E-state index contributed by atoms with van der Waals surface area (Å²) in [6, 6.07) is 7.65. The Hall–Kier alpha value is -4.91. The summed E-state index contributed by atoms with van der Waals surface area (Å²) in [5.74, 6) is 0.00592. The van der Waals surface area contributed by atoms with Crippen LogP contribution >= 0.6 is 11.3 Å². The zero-order chi connectivity index (χ0) is 27.8. The van der Waals surface area contributed by atoms with Gasteiger partial charge in [-0.1, -0.05) is 6.58 Å². The third-order valence-electron chi connectivity index (χ3n) is 6.83. The average Bonchev–Trinajstić information content (AvgIpc) is 3.55. The Labute approximate surface area is 232 Å². The summed E-state index contributed by atoms with van der Waals surface area (Å²) in [6.07, 6.45) is 6.74. The van der Waals surface area contributed by atoms with Gasteiger partial charge in [0.1, 0.15) is 9.71 Å². The van der Waals surface area contributed by atoms with Gasteiger partial charge in [-0.25, -0.2) is 14.8 Å². The van der Waals surface area contributed by atoms with Crippen molar-refractivity contribution in [2.24, 2.45) is 0 Å². The van der Waals surface area contributed by atoms with E-state index in [-0.39, 0.29) is 23.9 Å². The predicted molar refractivity (Wildman–Crippen MR) is 149 cm³/mol. The van der Waals surface area contributed by atoms with Gasteiger partial charge in [-0.2, -0.15) is 5.10 Å². The van der Waals surface area contributed by atoms with Crippen LogP contribution in [0.25, 0.3) is 10.2 Å². The molecule has 0 spiro atoms. The molecule has 3 N–H and O–H groups in total. The van der Waals surface area contributed by atoms with Crippen LogP contribution in [0.3, 0.4) is 0 Å². The number of hydrogen-bond acceptors (Lipinski definition) is 9. The lowest BCUT2D eigenvalue weighted by molar-refractivity contribution is -0.117. The van der Waals surface area contributed by atoms with Crippen LogP contribution in [0.15, 0.2) is 55.4 Å². The number of aryl methyl sites for hydroxylation is 1. The fourth-order valence-electron chi connectivity index (χ4n) is 5.04. The lowest BCUT2D eigenvalue weighted by Gasteiger charge is -2.29. The number of amides is 4. The molecule has 13 heteroatoms. The largest absolute Gasteiger partial charge is 0.419 e. The Balaban J connectivity index is 1.30. The highest BCUT2D eigenvalue weighted by Gasteiger charge is 2.35. The van der Waals surface area contributed by atoms with E-state index in [0.29, 0.717) is 49.6 Å². The molecule has 2 atom stereocenters. The van der Waals surface area contributed by atoms with E-state index in [2.05, 4.69) is 42.7 Å². The zero-order valence-corrected chi connectivity index (χ0v) is 22.2. The summed E-state index contributed by atoms with van der Waals surface area (Å²) in [5, 5.41) is 17.2. The summed E-state index contributed by atoms with van der Waals surface area (Å²) in [7, 11) is 0. The zero-order valence-electron chi connectivity index (χ0n) is 21.4. The van der Waals surface area contributed by atoms with E-state index >= 15 is 0 Å². The number of nitrogens with one attached hydrogen (secondary N) is 3. The number of hydrogen-bond donors (Lipinski definition) is 3. The monoisotopic (exact) mass is 556 g/mol. The molecule has 0 unspecified atom stereocenters. The van der Waals surface area contributed by atoms with Gasteiger partial charge in [-0.15, -0.1) is 16.4 Å². The van der Waals surface area contributed by atoms with Crippen LogP contribution in [0, 0.1) is 6.92 Å². The van der Waals surface area contributed by atoms with E-state index in [1.54, 1.807) is 49.6 Å². The number of nitrogens with zero attached hydrogens (tertiary/aromatic N) is 5. The van der Waals surface area contributed by atoms with Gasteiger partial charge < -0.3 is 20.7 Å². The van der Waals surface area contributed by atoms with Gasteiger partial charge in [0, 0.05) is 36.6 Å². The molecule has 12 nitrogen and oxygen atoms in total. The number of pyridine rings is 2. The standard InChI is InChI=1S/C27H24N8O4S/c1-3-19(36)31-15-6-4-7-16(15)32-25(37)24-23-22-18(11-13-28-26(22)40-24)35(27(38)33-23)17-9-10-20(30-14(17)2)39-21-8-5-12-29-34-21/h3,5,8-13,15-16H,1,4,6-7H2,2H3,(H,31,36)(H,32,37)(H,33,38)/t15-,16+/m0/s1. The van der Waals surface area contributed by atoms with E-state index < -0.39 is 6.03 Å². The van der Waals surface area contributed by atoms with Crippen molar-refractivity contribution in [3.05, 3.63) is 66.0 Å². The maximum Gasteiger partial charge on any atom is 0.331 e. The topological polar surface area (TPSA) is 151 Å². The first-order valence-electron chi connectivity index (χ1n) is 12.6. The number of rotatable bonds is 7. The van der Waals surface area contributed by atoms with Crippen molar-refractivity contribution in [2.75, 3.05) is 10.2 Å². The van der Waals surface area contributed by atoms with Crippen molar-refractivity contribution >= 4 is 56.5 Å². The third kappa shape index (κ3) is 4.60. The molecular weight excluding hydrogens is 532 g/mol. The number of aromatic nitrogens is 4. The number of urea groups is 1. The fraction of sp³-hybridized carbons (Fsp3) is 0.222. The summed E-state index contributed by atoms with van der Waals surface area (Å²) in [4.78, 5) is 50.2. The average molecular weight is 557 g/mol. The fourth-order valence-corrected chi connectivity index (χ4v) is 6.06. The van der Waals surface area contributed by atoms with Crippen LogP contribution in [0.1, 0.15) is 34.6 Å². The minimum Gasteiger partial charge on any atom is -0.419 e. The quantitative estimate of drug-likeness (QED) is 0.286. The molecule has 2 aliphatic rings. The van der Waals surface area contributed by atoms with Gasteiger partial charge in [0.05, 0.1) is 28.1 Å². The molecule has 1 fully saturated rings. The molecule has 202 valence electrons. The first kappa shape index (κ1) is 25.4. The molecule has 0 aromatic carbocycles. The molecule has 0 bridgehead atoms. The Morgan fingerprint density at radius 1 is 1.12 bits per heavy atom. The van der Waals surface area contributed by atoms with Gasteiger partial charge in [0.25, 0.3) is 5.91 Å². The van der Waals surface area contributed by atoms with Gasteiger partial charge in [0.15, 0.2) is 0 Å². The maximum atomic E-state index is 13.5. The maximum absolute atomic E-state index is 13.5. The Morgan fingerprint density at radius 2 is 1.95 bits per heavy atom. The van der Waals surface area contributed by atoms with E-state index in [1.807, 2.05) is 0 Å². The smallest absolute Gasteiger partial charge is 0.331 e. The second-order valence-corrected chi connectivity index (χ2v) is 10.3. The van der Waals surface area contributed by atoms with Crippen molar-refractivity contribution in [3.8, 4) is 11.8 Å². The molecule has 6 rings (SSSR count). The molecule has 1 aliphatic carbocycles. The number of carbonyl (C=O) groups excluding carboxylic acids is 3. The molecule has 5 heterocycles. The van der Waals surface area contributed by atoms with E-state index in [1.165, 1.54) is 22.3 Å². The molecule has 4 amide bonds. The summed E-state index contributed by atoms with van der Waals surface area (Å²) >= 11 is 1.20. The van der Waals surface area contributed by atoms with Gasteiger partial charge in [0.2, 0.25) is 17.7 Å². The molecule has 40 heavy (non-hydrogen) atoms. The number of thiophene rings is 1. The molecule has 1 aliphatic heterocycles. The SMILES string of the molecule is C=CC(=O)N[C@H]1CCC[C@H]1NC(=O)c1sc2nccc3c2c1NC(=O)N3c1ccc(Oc2cccnn2)nc1C. The Kier molecular flexibility index (Phi) is 6.56. The molecule has 0 radical (unpaired) electrons. The summed E-state index contributed by atoms with van der Waals surface area (Å²) < 4.78 is 5.68. The second kappa shape index (κ2) is 10.3. The van der Waals surface area contributed by atoms with Gasteiger partial charge >= 0.3 is 6.03 Å². The van der Waals surface area contributed by atoms with Crippen molar-refractivity contribution < 1.29 is 19.1 Å². The summed E-state index contributed by atoms with van der Waals surface area (Å²) in [6.45, 7) is 5.27. The minimum absolute atomic E-state index is 0.185. The normalized spacial score (nSPS) is 17.8. The van der Waals surface area contributed by atoms with Crippen molar-refractivity contribution in [1.29, 1.82) is 0 Å². The Morgan fingerprint density at radius 3 is 2.70 bits per heavy atom. The first-order valence-corrected chi connectivity index (χ1v) is 13.4. The van der Waals surface area contributed by atoms with E-state index in [0.717, 1.165) is 19.3 Å². The second-order valence-electron chi connectivity index (χ2n) is 9.33. The van der Waals surface area contributed by atoms with Crippen LogP contribution in [-0.4, -0.2) is 50.1 Å². The van der Waals surface area contributed by atoms with Crippen LogP contribution in [0.5, 0.6) is 11.8 Å². The van der Waals surface area contributed by atoms with Gasteiger partial charge in [-0.05, 0) is 50.5 Å². The number of ether oxygens (including phenoxy) is 1. The highest BCUT2D eigenvalue weighted by molar-refractivity contribution is 7.21.